The molecule has 0 bridgehead atoms. The number of carbonyl (C=O) groups excluding carboxylic acids is 1. The summed E-state index contributed by atoms with van der Waals surface area (Å²) in [6.45, 7) is 6.17. The van der Waals surface area contributed by atoms with E-state index in [4.69, 9.17) is 10.5 Å². The second kappa shape index (κ2) is 6.78. The Morgan fingerprint density at radius 2 is 2.33 bits per heavy atom. The molecular formula is C15H23N3O3. The van der Waals surface area contributed by atoms with Gasteiger partial charge in [-0.05, 0) is 31.5 Å². The second-order valence-corrected chi connectivity index (χ2v) is 5.62. The number of hydrogen-bond donors (Lipinski definition) is 3. The van der Waals surface area contributed by atoms with Gasteiger partial charge >= 0.3 is 0 Å². The zero-order valence-corrected chi connectivity index (χ0v) is 12.5. The summed E-state index contributed by atoms with van der Waals surface area (Å²) >= 11 is 0. The van der Waals surface area contributed by atoms with Gasteiger partial charge in [0.05, 0.1) is 18.9 Å². The molecule has 0 radical (unpaired) electrons. The van der Waals surface area contributed by atoms with Crippen LogP contribution in [0.5, 0.6) is 5.75 Å². The minimum absolute atomic E-state index is 0.0172. The smallest absolute Gasteiger partial charge is 0.239 e. The number of nitrogens with zero attached hydrogens (tertiary/aromatic N) is 1. The molecule has 1 saturated heterocycles. The van der Waals surface area contributed by atoms with Gasteiger partial charge in [-0.25, -0.2) is 0 Å². The Morgan fingerprint density at radius 3 is 3.00 bits per heavy atom. The lowest BCUT2D eigenvalue weighted by Gasteiger charge is -2.35. The molecule has 0 saturated carbocycles. The van der Waals surface area contributed by atoms with E-state index in [1.165, 1.54) is 0 Å². The Balaban J connectivity index is 2.07. The predicted octanol–water partition coefficient (Wildman–Crippen LogP) is 0.700. The highest BCUT2D eigenvalue weighted by atomic mass is 16.5. The lowest BCUT2D eigenvalue weighted by atomic mass is 10.1. The third-order valence-corrected chi connectivity index (χ3v) is 3.45. The molecule has 1 amide bonds. The molecule has 6 nitrogen and oxygen atoms in total. The Bertz CT molecular complexity index is 505. The first-order valence-electron chi connectivity index (χ1n) is 7.17. The molecule has 2 rings (SSSR count). The summed E-state index contributed by atoms with van der Waals surface area (Å²) < 4.78 is 5.43. The quantitative estimate of drug-likeness (QED) is 0.562. The van der Waals surface area contributed by atoms with Gasteiger partial charge in [0.25, 0.3) is 0 Å². The molecule has 116 valence electrons. The van der Waals surface area contributed by atoms with Gasteiger partial charge in [-0.2, -0.15) is 0 Å². The van der Waals surface area contributed by atoms with Gasteiger partial charge in [-0.15, -0.1) is 0 Å². The summed E-state index contributed by atoms with van der Waals surface area (Å²) in [7, 11) is 0. The topological polar surface area (TPSA) is 87.8 Å². The lowest BCUT2D eigenvalue weighted by Crippen LogP contribution is -2.54. The molecular weight excluding hydrogens is 270 g/mol. The molecule has 1 unspecified atom stereocenters. The van der Waals surface area contributed by atoms with E-state index in [-0.39, 0.29) is 23.7 Å². The predicted molar refractivity (Wildman–Crippen MR) is 80.8 cm³/mol. The summed E-state index contributed by atoms with van der Waals surface area (Å²) in [6.07, 6.45) is 0. The van der Waals surface area contributed by atoms with Gasteiger partial charge in [0.2, 0.25) is 5.91 Å². The molecule has 1 atom stereocenters. The van der Waals surface area contributed by atoms with Crippen molar-refractivity contribution in [2.45, 2.75) is 32.5 Å². The Kier molecular flexibility index (Phi) is 5.03. The average Bonchev–Trinajstić information content (AvgIpc) is 2.43. The fourth-order valence-corrected chi connectivity index (χ4v) is 2.39. The average molecular weight is 293 g/mol. The number of phenols is 1. The van der Waals surface area contributed by atoms with Gasteiger partial charge in [0, 0.05) is 19.1 Å². The number of phenolic OH excluding ortho intramolecular Hbond substituents is 1. The number of aromatic hydroxyl groups is 1. The number of rotatable bonds is 4. The summed E-state index contributed by atoms with van der Waals surface area (Å²) in [6, 6.07) is 4.94. The van der Waals surface area contributed by atoms with E-state index < -0.39 is 0 Å². The van der Waals surface area contributed by atoms with Gasteiger partial charge < -0.3 is 20.9 Å². The maximum atomic E-state index is 12.2. The molecule has 0 aliphatic carbocycles. The van der Waals surface area contributed by atoms with E-state index in [1.54, 1.807) is 12.1 Å². The van der Waals surface area contributed by atoms with Crippen molar-refractivity contribution in [3.63, 3.8) is 0 Å². The van der Waals surface area contributed by atoms with Crippen LogP contribution >= 0.6 is 0 Å². The van der Waals surface area contributed by atoms with Crippen LogP contribution in [0.4, 0.5) is 5.69 Å². The van der Waals surface area contributed by atoms with Crippen molar-refractivity contribution >= 4 is 11.6 Å². The normalized spacial score (nSPS) is 19.7. The van der Waals surface area contributed by atoms with E-state index in [0.717, 1.165) is 5.56 Å². The van der Waals surface area contributed by atoms with Crippen LogP contribution in [0.15, 0.2) is 18.2 Å². The lowest BCUT2D eigenvalue weighted by molar-refractivity contribution is -0.133. The number of ether oxygens (including phenoxy) is 1. The van der Waals surface area contributed by atoms with Crippen LogP contribution in [0.25, 0.3) is 0 Å². The summed E-state index contributed by atoms with van der Waals surface area (Å²) in [5.74, 6) is 0.0614. The van der Waals surface area contributed by atoms with Crippen molar-refractivity contribution in [2.75, 3.05) is 25.5 Å². The first kappa shape index (κ1) is 15.6. The molecule has 1 aliphatic rings. The first-order valence-corrected chi connectivity index (χ1v) is 7.17. The number of anilines is 1. The molecule has 1 aromatic carbocycles. The number of nitrogen functional groups attached to an aromatic ring is 1. The summed E-state index contributed by atoms with van der Waals surface area (Å²) in [4.78, 5) is 14.3. The van der Waals surface area contributed by atoms with Crippen molar-refractivity contribution < 1.29 is 14.6 Å². The SMILES string of the molecule is CC(C)NC(=O)C1COCCN1Cc1ccc(O)c(N)c1. The number of hydrogen-bond acceptors (Lipinski definition) is 5. The second-order valence-electron chi connectivity index (χ2n) is 5.62. The van der Waals surface area contributed by atoms with Crippen LogP contribution < -0.4 is 11.1 Å². The third-order valence-electron chi connectivity index (χ3n) is 3.45. The highest BCUT2D eigenvalue weighted by Gasteiger charge is 2.29. The van der Waals surface area contributed by atoms with Crippen LogP contribution in [-0.4, -0.2) is 47.8 Å². The van der Waals surface area contributed by atoms with Crippen molar-refractivity contribution in [1.29, 1.82) is 0 Å². The fraction of sp³-hybridized carbons (Fsp3) is 0.533. The highest BCUT2D eigenvalue weighted by molar-refractivity contribution is 5.82. The zero-order valence-electron chi connectivity index (χ0n) is 12.5. The number of carbonyl (C=O) groups is 1. The number of morpholine rings is 1. The maximum absolute atomic E-state index is 12.2. The monoisotopic (exact) mass is 293 g/mol. The van der Waals surface area contributed by atoms with Crippen molar-refractivity contribution in [3.05, 3.63) is 23.8 Å². The summed E-state index contributed by atoms with van der Waals surface area (Å²) in [5.41, 5.74) is 7.03. The van der Waals surface area contributed by atoms with Crippen LogP contribution in [0.3, 0.4) is 0 Å². The van der Waals surface area contributed by atoms with Crippen LogP contribution in [0, 0.1) is 0 Å². The molecule has 1 aliphatic heterocycles. The van der Waals surface area contributed by atoms with E-state index in [1.807, 2.05) is 19.9 Å². The molecule has 0 aromatic heterocycles. The Hall–Kier alpha value is -1.79. The third kappa shape index (κ3) is 4.09. The van der Waals surface area contributed by atoms with Crippen LogP contribution in [0.2, 0.25) is 0 Å². The van der Waals surface area contributed by atoms with Gasteiger partial charge in [0.15, 0.2) is 0 Å². The van der Waals surface area contributed by atoms with Gasteiger partial charge in [-0.1, -0.05) is 6.07 Å². The molecule has 6 heteroatoms. The fourth-order valence-electron chi connectivity index (χ4n) is 2.39. The zero-order chi connectivity index (χ0) is 15.4. The molecule has 1 aromatic rings. The molecule has 1 fully saturated rings. The number of nitrogens with two attached hydrogens (primary N) is 1. The Morgan fingerprint density at radius 1 is 1.57 bits per heavy atom. The van der Waals surface area contributed by atoms with Crippen molar-refractivity contribution in [2.24, 2.45) is 0 Å². The standard InChI is InChI=1S/C15H23N3O3/c1-10(2)17-15(20)13-9-21-6-5-18(13)8-11-3-4-14(19)12(16)7-11/h3-4,7,10,13,19H,5-6,8-9,16H2,1-2H3,(H,17,20). The summed E-state index contributed by atoms with van der Waals surface area (Å²) in [5, 5.41) is 12.4. The number of benzene rings is 1. The van der Waals surface area contributed by atoms with Crippen LogP contribution in [0.1, 0.15) is 19.4 Å². The Labute approximate surface area is 124 Å². The van der Waals surface area contributed by atoms with E-state index >= 15 is 0 Å². The number of nitrogens with one attached hydrogen (secondary N) is 1. The maximum Gasteiger partial charge on any atom is 0.239 e. The van der Waals surface area contributed by atoms with Crippen molar-refractivity contribution in [1.82, 2.24) is 10.2 Å². The molecule has 1 heterocycles. The highest BCUT2D eigenvalue weighted by Crippen LogP contribution is 2.22. The largest absolute Gasteiger partial charge is 0.506 e. The van der Waals surface area contributed by atoms with E-state index in [2.05, 4.69) is 10.2 Å². The molecule has 21 heavy (non-hydrogen) atoms. The van der Waals surface area contributed by atoms with E-state index in [0.29, 0.717) is 32.0 Å². The first-order chi connectivity index (χ1) is 9.97. The van der Waals surface area contributed by atoms with Crippen LogP contribution in [-0.2, 0) is 16.1 Å². The minimum atomic E-state index is -0.295. The van der Waals surface area contributed by atoms with Gasteiger partial charge in [0.1, 0.15) is 11.8 Å². The molecule has 4 N–H and O–H groups in total. The van der Waals surface area contributed by atoms with Crippen molar-refractivity contribution in [3.8, 4) is 5.75 Å². The minimum Gasteiger partial charge on any atom is -0.506 e. The molecule has 0 spiro atoms. The van der Waals surface area contributed by atoms with Gasteiger partial charge in [-0.3, -0.25) is 9.69 Å². The number of amides is 1. The van der Waals surface area contributed by atoms with E-state index in [9.17, 15) is 9.90 Å².